The number of fused-ring (bicyclic) bond motifs is 1. The maximum atomic E-state index is 11.0. The molecule has 0 heterocycles. The highest BCUT2D eigenvalue weighted by atomic mass is 16.5. The highest BCUT2D eigenvalue weighted by molar-refractivity contribution is 5.95. The lowest BCUT2D eigenvalue weighted by Gasteiger charge is -2.19. The summed E-state index contributed by atoms with van der Waals surface area (Å²) in [5, 5.41) is 13.1. The normalized spacial score (nSPS) is 10.9. The van der Waals surface area contributed by atoms with Crippen molar-refractivity contribution >= 4 is 16.5 Å². The predicted octanol–water partition coefficient (Wildman–Crippen LogP) is 3.87. The topological polar surface area (TPSA) is 35.1 Å². The van der Waals surface area contributed by atoms with Crippen LogP contribution in [0.25, 0.3) is 10.8 Å². The molecule has 15 heavy (non-hydrogen) atoms. The fraction of sp³-hybridized carbons (Fsp3) is 0.231. The van der Waals surface area contributed by atoms with Gasteiger partial charge in [-0.3, -0.25) is 0 Å². The Hall–Kier alpha value is -1.54. The first-order valence-corrected chi connectivity index (χ1v) is 5.14. The van der Waals surface area contributed by atoms with Crippen LogP contribution in [0.15, 0.2) is 36.4 Å². The van der Waals surface area contributed by atoms with E-state index in [-0.39, 0.29) is 0 Å². The molecule has 0 aliphatic heterocycles. The van der Waals surface area contributed by atoms with Gasteiger partial charge in [-0.15, -0.1) is 0 Å². The minimum atomic E-state index is 0.353. The molecule has 0 aliphatic rings. The zero-order valence-corrected chi connectivity index (χ0v) is 8.95. The Morgan fingerprint density at radius 3 is 2.47 bits per heavy atom. The standard InChI is InChI=1S/C13H14NO/c1-9(2)11-8-7-10-5-3-4-6-12(10)13(11)14-15/h3-9,14H,1-2H3/q-1. The molecule has 0 saturated carbocycles. The molecular formula is C13H14NO-. The van der Waals surface area contributed by atoms with Crippen LogP contribution in [0.2, 0.25) is 0 Å². The Labute approximate surface area is 89.5 Å². The average Bonchev–Trinajstić information content (AvgIpc) is 2.27. The highest BCUT2D eigenvalue weighted by Gasteiger charge is 2.07. The van der Waals surface area contributed by atoms with E-state index in [2.05, 4.69) is 25.4 Å². The van der Waals surface area contributed by atoms with E-state index >= 15 is 0 Å². The maximum absolute atomic E-state index is 11.0. The van der Waals surface area contributed by atoms with Crippen LogP contribution in [0.3, 0.4) is 0 Å². The largest absolute Gasteiger partial charge is 0.761 e. The lowest BCUT2D eigenvalue weighted by Crippen LogP contribution is -1.96. The summed E-state index contributed by atoms with van der Waals surface area (Å²) in [6, 6.07) is 12.0. The third-order valence-corrected chi connectivity index (χ3v) is 2.69. The van der Waals surface area contributed by atoms with Crippen molar-refractivity contribution in [2.24, 2.45) is 0 Å². The zero-order chi connectivity index (χ0) is 10.8. The van der Waals surface area contributed by atoms with Crippen LogP contribution in [0.1, 0.15) is 25.3 Å². The summed E-state index contributed by atoms with van der Waals surface area (Å²) in [6.45, 7) is 4.18. The van der Waals surface area contributed by atoms with E-state index in [0.717, 1.165) is 16.3 Å². The van der Waals surface area contributed by atoms with Gasteiger partial charge in [0.1, 0.15) is 0 Å². The predicted molar refractivity (Wildman–Crippen MR) is 65.0 cm³/mol. The van der Waals surface area contributed by atoms with E-state index < -0.39 is 0 Å². The molecule has 0 radical (unpaired) electrons. The van der Waals surface area contributed by atoms with Crippen LogP contribution in [0, 0.1) is 5.21 Å². The quantitative estimate of drug-likeness (QED) is 0.747. The molecule has 0 amide bonds. The second-order valence-corrected chi connectivity index (χ2v) is 4.01. The first-order chi connectivity index (χ1) is 7.24. The molecule has 0 atom stereocenters. The van der Waals surface area contributed by atoms with Crippen molar-refractivity contribution < 1.29 is 0 Å². The van der Waals surface area contributed by atoms with Gasteiger partial charge in [-0.1, -0.05) is 50.2 Å². The molecule has 0 bridgehead atoms. The number of nitrogens with one attached hydrogen (secondary N) is 1. The monoisotopic (exact) mass is 200 g/mol. The number of hydrogen-bond donors (Lipinski definition) is 1. The Morgan fingerprint density at radius 2 is 1.80 bits per heavy atom. The highest BCUT2D eigenvalue weighted by Crippen LogP contribution is 2.31. The second-order valence-electron chi connectivity index (χ2n) is 4.01. The SMILES string of the molecule is CC(C)c1ccc2ccccc2c1N[O-]. The van der Waals surface area contributed by atoms with Crippen LogP contribution in [-0.2, 0) is 0 Å². The first-order valence-electron chi connectivity index (χ1n) is 5.14. The number of rotatable bonds is 2. The third kappa shape index (κ3) is 1.68. The van der Waals surface area contributed by atoms with Crippen molar-refractivity contribution in [2.45, 2.75) is 19.8 Å². The van der Waals surface area contributed by atoms with Crippen molar-refractivity contribution in [1.82, 2.24) is 0 Å². The van der Waals surface area contributed by atoms with Crippen molar-refractivity contribution in [3.05, 3.63) is 47.2 Å². The summed E-state index contributed by atoms with van der Waals surface area (Å²) in [6.07, 6.45) is 0. The molecule has 0 spiro atoms. The molecule has 0 aromatic heterocycles. The molecule has 0 aliphatic carbocycles. The molecule has 2 nitrogen and oxygen atoms in total. The molecular weight excluding hydrogens is 186 g/mol. The van der Waals surface area contributed by atoms with Gasteiger partial charge in [0.15, 0.2) is 0 Å². The van der Waals surface area contributed by atoms with Gasteiger partial charge in [0.25, 0.3) is 0 Å². The minimum Gasteiger partial charge on any atom is -0.761 e. The van der Waals surface area contributed by atoms with Crippen molar-refractivity contribution in [2.75, 3.05) is 5.48 Å². The molecule has 2 heteroatoms. The molecule has 0 unspecified atom stereocenters. The van der Waals surface area contributed by atoms with E-state index in [4.69, 9.17) is 0 Å². The maximum Gasteiger partial charge on any atom is 0.0348 e. The number of anilines is 1. The summed E-state index contributed by atoms with van der Waals surface area (Å²) in [4.78, 5) is 0. The van der Waals surface area contributed by atoms with Gasteiger partial charge < -0.3 is 10.7 Å². The fourth-order valence-corrected chi connectivity index (χ4v) is 1.88. The van der Waals surface area contributed by atoms with Gasteiger partial charge in [0.05, 0.1) is 0 Å². The van der Waals surface area contributed by atoms with Gasteiger partial charge in [0.2, 0.25) is 0 Å². The second kappa shape index (κ2) is 3.91. The van der Waals surface area contributed by atoms with E-state index in [9.17, 15) is 5.21 Å². The molecule has 78 valence electrons. The Morgan fingerprint density at radius 1 is 1.07 bits per heavy atom. The summed E-state index contributed by atoms with van der Waals surface area (Å²) < 4.78 is 0. The molecule has 0 saturated heterocycles. The molecule has 2 aromatic carbocycles. The fourth-order valence-electron chi connectivity index (χ4n) is 1.88. The molecule has 2 rings (SSSR count). The van der Waals surface area contributed by atoms with E-state index in [1.807, 2.05) is 30.3 Å². The summed E-state index contributed by atoms with van der Waals surface area (Å²) in [7, 11) is 0. The van der Waals surface area contributed by atoms with Gasteiger partial charge >= 0.3 is 0 Å². The first kappa shape index (κ1) is 9.99. The minimum absolute atomic E-state index is 0.353. The molecule has 0 fully saturated rings. The molecule has 2 aromatic rings. The zero-order valence-electron chi connectivity index (χ0n) is 8.95. The van der Waals surface area contributed by atoms with Gasteiger partial charge in [-0.05, 0) is 16.9 Å². The lowest BCUT2D eigenvalue weighted by molar-refractivity contribution is 0.871. The van der Waals surface area contributed by atoms with Crippen molar-refractivity contribution in [3.63, 3.8) is 0 Å². The summed E-state index contributed by atoms with van der Waals surface area (Å²) in [5.41, 5.74) is 3.85. The van der Waals surface area contributed by atoms with Crippen LogP contribution in [-0.4, -0.2) is 0 Å². The van der Waals surface area contributed by atoms with Crippen LogP contribution in [0.4, 0.5) is 5.69 Å². The third-order valence-electron chi connectivity index (χ3n) is 2.69. The van der Waals surface area contributed by atoms with E-state index in [0.29, 0.717) is 11.6 Å². The number of benzene rings is 2. The molecule has 1 N–H and O–H groups in total. The van der Waals surface area contributed by atoms with E-state index in [1.54, 1.807) is 0 Å². The van der Waals surface area contributed by atoms with Crippen molar-refractivity contribution in [1.29, 1.82) is 0 Å². The number of hydrogen-bond acceptors (Lipinski definition) is 2. The van der Waals surface area contributed by atoms with E-state index in [1.165, 1.54) is 0 Å². The van der Waals surface area contributed by atoms with Crippen LogP contribution < -0.4 is 5.48 Å². The smallest absolute Gasteiger partial charge is 0.0348 e. The van der Waals surface area contributed by atoms with Crippen LogP contribution in [0.5, 0.6) is 0 Å². The average molecular weight is 200 g/mol. The Balaban J connectivity index is 2.75. The van der Waals surface area contributed by atoms with Gasteiger partial charge in [-0.25, -0.2) is 0 Å². The summed E-state index contributed by atoms with van der Waals surface area (Å²) >= 11 is 0. The lowest BCUT2D eigenvalue weighted by atomic mass is 9.97. The van der Waals surface area contributed by atoms with Crippen LogP contribution >= 0.6 is 0 Å². The van der Waals surface area contributed by atoms with Gasteiger partial charge in [0, 0.05) is 11.1 Å². The Bertz CT molecular complexity index is 477. The van der Waals surface area contributed by atoms with Crippen molar-refractivity contribution in [3.8, 4) is 0 Å². The summed E-state index contributed by atoms with van der Waals surface area (Å²) in [5.74, 6) is 0.353. The Kier molecular flexibility index (Phi) is 2.60. The van der Waals surface area contributed by atoms with Gasteiger partial charge in [-0.2, -0.15) is 0 Å².